The molecular formula is C16H26ClN3O3S. The van der Waals surface area contributed by atoms with Crippen LogP contribution < -0.4 is 5.73 Å². The first-order valence-corrected chi connectivity index (χ1v) is 9.36. The lowest BCUT2D eigenvalue weighted by Gasteiger charge is -2.37. The van der Waals surface area contributed by atoms with Crippen molar-refractivity contribution in [2.24, 2.45) is 5.73 Å². The maximum absolute atomic E-state index is 12.6. The average Bonchev–Trinajstić information content (AvgIpc) is 2.55. The Balaban J connectivity index is 0.00000288. The number of piperazine rings is 1. The Morgan fingerprint density at radius 2 is 1.71 bits per heavy atom. The summed E-state index contributed by atoms with van der Waals surface area (Å²) in [5.74, 6) is -0.101. The molecule has 0 saturated carbocycles. The minimum Gasteiger partial charge on any atom is -0.338 e. The summed E-state index contributed by atoms with van der Waals surface area (Å²) in [5, 5.41) is 0. The van der Waals surface area contributed by atoms with E-state index in [9.17, 15) is 13.2 Å². The molecule has 1 aromatic carbocycles. The van der Waals surface area contributed by atoms with Gasteiger partial charge < -0.3 is 10.6 Å². The number of nitrogens with two attached hydrogens (primary N) is 1. The van der Waals surface area contributed by atoms with E-state index in [1.165, 1.54) is 4.31 Å². The van der Waals surface area contributed by atoms with Crippen LogP contribution in [-0.4, -0.2) is 55.2 Å². The Kier molecular flexibility index (Phi) is 7.22. The predicted octanol–water partition coefficient (Wildman–Crippen LogP) is 1.46. The summed E-state index contributed by atoms with van der Waals surface area (Å²) in [4.78, 5) is 14.4. The second-order valence-corrected chi connectivity index (χ2v) is 8.11. The van der Waals surface area contributed by atoms with Gasteiger partial charge in [0.15, 0.2) is 0 Å². The molecule has 8 heteroatoms. The van der Waals surface area contributed by atoms with Gasteiger partial charge in [0, 0.05) is 26.2 Å². The number of halogens is 1. The Morgan fingerprint density at radius 1 is 1.17 bits per heavy atom. The number of nitrogens with zero attached hydrogens (tertiary/aromatic N) is 2. The smallest absolute Gasteiger partial charge is 0.243 e. The third-order valence-corrected chi connectivity index (χ3v) is 6.08. The van der Waals surface area contributed by atoms with E-state index in [4.69, 9.17) is 5.73 Å². The summed E-state index contributed by atoms with van der Waals surface area (Å²) in [6.07, 6.45) is 1.45. The topological polar surface area (TPSA) is 83.7 Å². The molecule has 1 unspecified atom stereocenters. The van der Waals surface area contributed by atoms with Crippen LogP contribution in [-0.2, 0) is 14.8 Å². The molecular weight excluding hydrogens is 350 g/mol. The zero-order valence-corrected chi connectivity index (χ0v) is 15.8. The van der Waals surface area contributed by atoms with E-state index >= 15 is 0 Å². The van der Waals surface area contributed by atoms with Crippen molar-refractivity contribution in [3.05, 3.63) is 30.3 Å². The molecule has 1 aromatic rings. The molecule has 0 bridgehead atoms. The summed E-state index contributed by atoms with van der Waals surface area (Å²) in [6, 6.07) is 8.37. The standard InChI is InChI=1S/C16H25N3O3S.ClH/c1-3-9-16(2,17)15(20)18-10-12-19(13-11-18)23(21,22)14-7-5-4-6-8-14;/h4-8H,3,9-13,17H2,1-2H3;1H. The monoisotopic (exact) mass is 375 g/mol. The molecule has 1 atom stereocenters. The molecule has 2 rings (SSSR count). The fraction of sp³-hybridized carbons (Fsp3) is 0.562. The normalized spacial score (nSPS) is 18.5. The van der Waals surface area contributed by atoms with E-state index in [2.05, 4.69) is 0 Å². The minimum atomic E-state index is -3.49. The first-order valence-electron chi connectivity index (χ1n) is 7.92. The average molecular weight is 376 g/mol. The Morgan fingerprint density at radius 3 is 2.21 bits per heavy atom. The van der Waals surface area contributed by atoms with Crippen molar-refractivity contribution < 1.29 is 13.2 Å². The molecule has 136 valence electrons. The van der Waals surface area contributed by atoms with Crippen LogP contribution in [0.4, 0.5) is 0 Å². The second kappa shape index (κ2) is 8.29. The van der Waals surface area contributed by atoms with Gasteiger partial charge in [-0.25, -0.2) is 8.42 Å². The van der Waals surface area contributed by atoms with Crippen LogP contribution in [0.1, 0.15) is 26.7 Å². The highest BCUT2D eigenvalue weighted by atomic mass is 35.5. The van der Waals surface area contributed by atoms with E-state index in [1.54, 1.807) is 42.2 Å². The van der Waals surface area contributed by atoms with Crippen molar-refractivity contribution in [2.45, 2.75) is 37.1 Å². The summed E-state index contributed by atoms with van der Waals surface area (Å²) >= 11 is 0. The highest BCUT2D eigenvalue weighted by Gasteiger charge is 2.35. The highest BCUT2D eigenvalue weighted by Crippen LogP contribution is 2.19. The van der Waals surface area contributed by atoms with Crippen molar-refractivity contribution >= 4 is 28.3 Å². The SMILES string of the molecule is CCCC(C)(N)C(=O)N1CCN(S(=O)(=O)c2ccccc2)CC1.Cl. The van der Waals surface area contributed by atoms with Gasteiger partial charge in [-0.15, -0.1) is 12.4 Å². The van der Waals surface area contributed by atoms with Crippen molar-refractivity contribution in [2.75, 3.05) is 26.2 Å². The number of sulfonamides is 1. The lowest BCUT2D eigenvalue weighted by Crippen LogP contribution is -2.58. The van der Waals surface area contributed by atoms with E-state index < -0.39 is 15.6 Å². The van der Waals surface area contributed by atoms with Gasteiger partial charge in [-0.1, -0.05) is 31.5 Å². The maximum atomic E-state index is 12.6. The lowest BCUT2D eigenvalue weighted by atomic mass is 9.95. The first kappa shape index (κ1) is 20.9. The number of hydrogen-bond donors (Lipinski definition) is 1. The third kappa shape index (κ3) is 4.47. The molecule has 1 saturated heterocycles. The van der Waals surface area contributed by atoms with Crippen molar-refractivity contribution in [1.29, 1.82) is 0 Å². The number of amides is 1. The Hall–Kier alpha value is -1.15. The van der Waals surface area contributed by atoms with Gasteiger partial charge in [0.2, 0.25) is 15.9 Å². The molecule has 0 aliphatic carbocycles. The quantitative estimate of drug-likeness (QED) is 0.844. The molecule has 6 nitrogen and oxygen atoms in total. The van der Waals surface area contributed by atoms with Gasteiger partial charge in [-0.2, -0.15) is 4.31 Å². The molecule has 1 aliphatic rings. The molecule has 1 aliphatic heterocycles. The fourth-order valence-electron chi connectivity index (χ4n) is 2.86. The van der Waals surface area contributed by atoms with Gasteiger partial charge >= 0.3 is 0 Å². The summed E-state index contributed by atoms with van der Waals surface area (Å²) in [6.45, 7) is 5.08. The van der Waals surface area contributed by atoms with Gasteiger partial charge in [-0.05, 0) is 25.5 Å². The van der Waals surface area contributed by atoms with Crippen molar-refractivity contribution in [3.8, 4) is 0 Å². The van der Waals surface area contributed by atoms with Crippen LogP contribution in [0.2, 0.25) is 0 Å². The number of carbonyl (C=O) groups is 1. The number of benzene rings is 1. The minimum absolute atomic E-state index is 0. The number of hydrogen-bond acceptors (Lipinski definition) is 4. The summed E-state index contributed by atoms with van der Waals surface area (Å²) in [5.41, 5.74) is 5.21. The van der Waals surface area contributed by atoms with E-state index in [0.29, 0.717) is 32.6 Å². The zero-order valence-electron chi connectivity index (χ0n) is 14.1. The Bertz CT molecular complexity index is 642. The van der Waals surface area contributed by atoms with E-state index in [-0.39, 0.29) is 23.2 Å². The summed E-state index contributed by atoms with van der Waals surface area (Å²) < 4.78 is 26.6. The zero-order chi connectivity index (χ0) is 17.1. The molecule has 0 spiro atoms. The van der Waals surface area contributed by atoms with E-state index in [0.717, 1.165) is 6.42 Å². The van der Waals surface area contributed by atoms with Crippen molar-refractivity contribution in [1.82, 2.24) is 9.21 Å². The highest BCUT2D eigenvalue weighted by molar-refractivity contribution is 7.89. The maximum Gasteiger partial charge on any atom is 0.243 e. The third-order valence-electron chi connectivity index (χ3n) is 4.16. The summed E-state index contributed by atoms with van der Waals surface area (Å²) in [7, 11) is -3.49. The van der Waals surface area contributed by atoms with Gasteiger partial charge in [0.1, 0.15) is 0 Å². The largest absolute Gasteiger partial charge is 0.338 e. The molecule has 24 heavy (non-hydrogen) atoms. The molecule has 0 radical (unpaired) electrons. The fourth-order valence-corrected chi connectivity index (χ4v) is 4.30. The van der Waals surface area contributed by atoms with E-state index in [1.807, 2.05) is 6.92 Å². The number of carbonyl (C=O) groups excluding carboxylic acids is 1. The predicted molar refractivity (Wildman–Crippen MR) is 96.5 cm³/mol. The van der Waals surface area contributed by atoms with Crippen LogP contribution in [0, 0.1) is 0 Å². The number of rotatable bonds is 5. The van der Waals surface area contributed by atoms with Crippen LogP contribution in [0.5, 0.6) is 0 Å². The van der Waals surface area contributed by atoms with Gasteiger partial charge in [-0.3, -0.25) is 4.79 Å². The molecule has 1 amide bonds. The molecule has 2 N–H and O–H groups in total. The lowest BCUT2D eigenvalue weighted by molar-refractivity contribution is -0.137. The van der Waals surface area contributed by atoms with Crippen LogP contribution in [0.3, 0.4) is 0 Å². The molecule has 1 heterocycles. The molecule has 1 fully saturated rings. The van der Waals surface area contributed by atoms with Crippen LogP contribution >= 0.6 is 12.4 Å². The molecule has 0 aromatic heterocycles. The van der Waals surface area contributed by atoms with Crippen molar-refractivity contribution in [3.63, 3.8) is 0 Å². The second-order valence-electron chi connectivity index (χ2n) is 6.18. The Labute approximate surface area is 150 Å². The van der Waals surface area contributed by atoms with Crippen LogP contribution in [0.15, 0.2) is 35.2 Å². The first-order chi connectivity index (χ1) is 10.8. The van der Waals surface area contributed by atoms with Gasteiger partial charge in [0.25, 0.3) is 0 Å². The van der Waals surface area contributed by atoms with Gasteiger partial charge in [0.05, 0.1) is 10.4 Å². The van der Waals surface area contributed by atoms with Crippen LogP contribution in [0.25, 0.3) is 0 Å².